The first-order valence-electron chi connectivity index (χ1n) is 26.7. The first-order chi connectivity index (χ1) is 31.0. The zero-order valence-corrected chi connectivity index (χ0v) is 41.4. The number of hydrogen-bond donors (Lipinski definition) is 3. The molecule has 3 atom stereocenters. The van der Waals surface area contributed by atoms with Crippen molar-refractivity contribution in [1.82, 2.24) is 5.32 Å². The summed E-state index contributed by atoms with van der Waals surface area (Å²) in [5.74, 6) is -0.521. The fourth-order valence-corrected chi connectivity index (χ4v) is 7.75. The molecule has 0 aromatic rings. The minimum absolute atomic E-state index is 0.0511. The number of esters is 1. The van der Waals surface area contributed by atoms with E-state index in [1.54, 1.807) is 0 Å². The number of allylic oxidation sites excluding steroid dienone is 12. The molecule has 6 heteroatoms. The molecular formula is C57H101NO5. The van der Waals surface area contributed by atoms with Crippen LogP contribution in [-0.4, -0.2) is 46.9 Å². The Morgan fingerprint density at radius 3 is 1.33 bits per heavy atom. The van der Waals surface area contributed by atoms with E-state index in [0.717, 1.165) is 116 Å². The van der Waals surface area contributed by atoms with Crippen LogP contribution in [0.4, 0.5) is 0 Å². The summed E-state index contributed by atoms with van der Waals surface area (Å²) in [5.41, 5.74) is 0. The summed E-state index contributed by atoms with van der Waals surface area (Å²) in [6.45, 7) is 6.34. The van der Waals surface area contributed by atoms with Crippen molar-refractivity contribution in [2.45, 2.75) is 270 Å². The number of unbranched alkanes of at least 4 members (excludes halogenated alkanes) is 23. The topological polar surface area (TPSA) is 95.9 Å². The molecule has 0 radical (unpaired) electrons. The Hall–Kier alpha value is -2.70. The fourth-order valence-electron chi connectivity index (χ4n) is 7.75. The molecule has 0 rings (SSSR count). The van der Waals surface area contributed by atoms with Crippen LogP contribution in [0.3, 0.4) is 0 Å². The zero-order chi connectivity index (χ0) is 45.9. The highest BCUT2D eigenvalue weighted by Gasteiger charge is 2.24. The highest BCUT2D eigenvalue weighted by Crippen LogP contribution is 2.17. The molecule has 0 fully saturated rings. The van der Waals surface area contributed by atoms with Crippen LogP contribution >= 0.6 is 0 Å². The molecule has 1 amide bonds. The number of aliphatic hydroxyl groups is 2. The zero-order valence-electron chi connectivity index (χ0n) is 41.4. The van der Waals surface area contributed by atoms with E-state index in [2.05, 4.69) is 99.0 Å². The molecule has 0 saturated heterocycles. The SMILES string of the molecule is CC/C=C/C/C=C/C/C=C/CCCCCCC(CC(=O)NC(CO)C(O)CCCCCCCCCCCCCCC)OC(=O)CCCCCC/C=C\C/C=C\C/C=C\CCCCC. The summed E-state index contributed by atoms with van der Waals surface area (Å²) < 4.78 is 5.92. The highest BCUT2D eigenvalue weighted by atomic mass is 16.5. The average Bonchev–Trinajstić information content (AvgIpc) is 3.28. The molecule has 0 aliphatic carbocycles. The lowest BCUT2D eigenvalue weighted by Gasteiger charge is -2.24. The van der Waals surface area contributed by atoms with Gasteiger partial charge in [-0.2, -0.15) is 0 Å². The third kappa shape index (κ3) is 45.7. The second kappa shape index (κ2) is 50.3. The van der Waals surface area contributed by atoms with Crippen molar-refractivity contribution in [3.05, 3.63) is 72.9 Å². The van der Waals surface area contributed by atoms with Crippen molar-refractivity contribution < 1.29 is 24.5 Å². The van der Waals surface area contributed by atoms with Gasteiger partial charge in [-0.25, -0.2) is 0 Å². The van der Waals surface area contributed by atoms with Crippen molar-refractivity contribution >= 4 is 11.9 Å². The molecule has 0 spiro atoms. The molecule has 0 aromatic heterocycles. The van der Waals surface area contributed by atoms with Crippen LogP contribution in [0.1, 0.15) is 252 Å². The quantitative estimate of drug-likeness (QED) is 0.0321. The van der Waals surface area contributed by atoms with Crippen molar-refractivity contribution in [3.8, 4) is 0 Å². The largest absolute Gasteiger partial charge is 0.462 e. The highest BCUT2D eigenvalue weighted by molar-refractivity contribution is 5.77. The van der Waals surface area contributed by atoms with Crippen LogP contribution in [0.5, 0.6) is 0 Å². The lowest BCUT2D eigenvalue weighted by atomic mass is 10.0. The van der Waals surface area contributed by atoms with E-state index in [-0.39, 0.29) is 24.9 Å². The Balaban J connectivity index is 4.65. The van der Waals surface area contributed by atoms with Crippen LogP contribution < -0.4 is 5.32 Å². The molecule has 6 nitrogen and oxygen atoms in total. The second-order valence-electron chi connectivity index (χ2n) is 17.9. The molecule has 0 aliphatic rings. The van der Waals surface area contributed by atoms with Gasteiger partial charge in [-0.15, -0.1) is 0 Å². The van der Waals surface area contributed by atoms with Gasteiger partial charge in [0.25, 0.3) is 0 Å². The normalized spacial score (nSPS) is 13.8. The van der Waals surface area contributed by atoms with Gasteiger partial charge in [0, 0.05) is 6.42 Å². The predicted molar refractivity (Wildman–Crippen MR) is 273 cm³/mol. The molecule has 0 aromatic carbocycles. The number of amides is 1. The molecule has 0 bridgehead atoms. The molecule has 0 heterocycles. The summed E-state index contributed by atoms with van der Waals surface area (Å²) in [5, 5.41) is 23.8. The monoisotopic (exact) mass is 880 g/mol. The number of aliphatic hydroxyl groups excluding tert-OH is 2. The van der Waals surface area contributed by atoms with E-state index in [1.807, 2.05) is 0 Å². The number of carbonyl (C=O) groups is 2. The molecule has 364 valence electrons. The Labute approximate surface area is 390 Å². The van der Waals surface area contributed by atoms with Crippen LogP contribution in [0.25, 0.3) is 0 Å². The van der Waals surface area contributed by atoms with Gasteiger partial charge in [0.15, 0.2) is 0 Å². The summed E-state index contributed by atoms with van der Waals surface area (Å²) in [6, 6.07) is -0.716. The summed E-state index contributed by atoms with van der Waals surface area (Å²) >= 11 is 0. The van der Waals surface area contributed by atoms with Gasteiger partial charge in [-0.3, -0.25) is 9.59 Å². The van der Waals surface area contributed by atoms with Gasteiger partial charge in [-0.05, 0) is 96.3 Å². The van der Waals surface area contributed by atoms with Crippen molar-refractivity contribution in [3.63, 3.8) is 0 Å². The Morgan fingerprint density at radius 2 is 0.857 bits per heavy atom. The Bertz CT molecular complexity index is 1170. The van der Waals surface area contributed by atoms with E-state index in [1.165, 1.54) is 89.9 Å². The first-order valence-corrected chi connectivity index (χ1v) is 26.7. The number of ether oxygens (including phenoxy) is 1. The maximum absolute atomic E-state index is 13.2. The van der Waals surface area contributed by atoms with Gasteiger partial charge in [0.05, 0.1) is 25.2 Å². The molecule has 0 aliphatic heterocycles. The van der Waals surface area contributed by atoms with E-state index < -0.39 is 18.2 Å². The minimum atomic E-state index is -0.801. The summed E-state index contributed by atoms with van der Waals surface area (Å²) in [4.78, 5) is 26.2. The molecule has 63 heavy (non-hydrogen) atoms. The maximum atomic E-state index is 13.2. The van der Waals surface area contributed by atoms with E-state index in [9.17, 15) is 19.8 Å². The Kier molecular flexibility index (Phi) is 48.1. The third-order valence-electron chi connectivity index (χ3n) is 11.8. The molecule has 3 unspecified atom stereocenters. The van der Waals surface area contributed by atoms with Crippen LogP contribution in [0.2, 0.25) is 0 Å². The maximum Gasteiger partial charge on any atom is 0.306 e. The number of hydrogen-bond acceptors (Lipinski definition) is 5. The molecule has 0 saturated carbocycles. The van der Waals surface area contributed by atoms with Crippen molar-refractivity contribution in [2.24, 2.45) is 0 Å². The van der Waals surface area contributed by atoms with Crippen LogP contribution in [0.15, 0.2) is 72.9 Å². The smallest absolute Gasteiger partial charge is 0.306 e. The predicted octanol–water partition coefficient (Wildman–Crippen LogP) is 16.2. The second-order valence-corrected chi connectivity index (χ2v) is 17.9. The number of rotatable bonds is 47. The average molecular weight is 880 g/mol. The van der Waals surface area contributed by atoms with Crippen molar-refractivity contribution in [2.75, 3.05) is 6.61 Å². The molecule has 3 N–H and O–H groups in total. The Morgan fingerprint density at radius 1 is 0.476 bits per heavy atom. The van der Waals surface area contributed by atoms with Gasteiger partial charge >= 0.3 is 5.97 Å². The summed E-state index contributed by atoms with van der Waals surface area (Å²) in [6.07, 6.45) is 63.8. The van der Waals surface area contributed by atoms with Gasteiger partial charge in [-0.1, -0.05) is 216 Å². The number of nitrogens with one attached hydrogen (secondary N) is 1. The standard InChI is InChI=1S/C57H101NO5/c1-4-7-10-13-16-19-22-25-27-28-29-32-35-38-41-44-47-50-57(62)63-53(48-45-42-39-36-33-31-26-23-20-17-14-11-8-5-2)51-56(61)58-54(52-59)55(60)49-46-43-40-37-34-30-24-21-18-15-12-9-6-3/h8,11,16-17,19-20,25-27,29,31-32,53-55,59-60H,4-7,9-10,12-15,18,21-24,28,30,33-52H2,1-3H3,(H,58,61)/b11-8+,19-16-,20-17+,27-25-,31-26+,32-29-. The van der Waals surface area contributed by atoms with Crippen molar-refractivity contribution in [1.29, 1.82) is 0 Å². The van der Waals surface area contributed by atoms with Gasteiger partial charge in [0.1, 0.15) is 6.10 Å². The van der Waals surface area contributed by atoms with E-state index in [4.69, 9.17) is 4.74 Å². The van der Waals surface area contributed by atoms with Gasteiger partial charge < -0.3 is 20.3 Å². The van der Waals surface area contributed by atoms with E-state index in [0.29, 0.717) is 19.3 Å². The number of carbonyl (C=O) groups excluding carboxylic acids is 2. The van der Waals surface area contributed by atoms with Crippen LogP contribution in [0, 0.1) is 0 Å². The third-order valence-corrected chi connectivity index (χ3v) is 11.8. The van der Waals surface area contributed by atoms with E-state index >= 15 is 0 Å². The first kappa shape index (κ1) is 60.3. The van der Waals surface area contributed by atoms with Crippen LogP contribution in [-0.2, 0) is 14.3 Å². The lowest BCUT2D eigenvalue weighted by Crippen LogP contribution is -2.46. The lowest BCUT2D eigenvalue weighted by molar-refractivity contribution is -0.151. The minimum Gasteiger partial charge on any atom is -0.462 e. The summed E-state index contributed by atoms with van der Waals surface area (Å²) in [7, 11) is 0. The molecular weight excluding hydrogens is 779 g/mol. The van der Waals surface area contributed by atoms with Gasteiger partial charge in [0.2, 0.25) is 5.91 Å². The fraction of sp³-hybridized carbons (Fsp3) is 0.754.